The van der Waals surface area contributed by atoms with Gasteiger partial charge in [0, 0.05) is 51.7 Å². The topological polar surface area (TPSA) is 82.6 Å². The predicted molar refractivity (Wildman–Crippen MR) is 87.7 cm³/mol. The summed E-state index contributed by atoms with van der Waals surface area (Å²) in [5, 5.41) is 2.79. The number of carbonyl (C=O) groups is 1. The van der Waals surface area contributed by atoms with E-state index in [2.05, 4.69) is 10.3 Å². The van der Waals surface area contributed by atoms with Crippen LogP contribution in [0.2, 0.25) is 0 Å². The quantitative estimate of drug-likeness (QED) is 0.832. The van der Waals surface area contributed by atoms with Crippen molar-refractivity contribution in [3.63, 3.8) is 0 Å². The van der Waals surface area contributed by atoms with Gasteiger partial charge in [-0.05, 0) is 13.0 Å². The molecule has 8 heteroatoms. The fraction of sp³-hybridized carbons (Fsp3) is 0.571. The summed E-state index contributed by atoms with van der Waals surface area (Å²) in [6.45, 7) is 2.03. The zero-order valence-corrected chi connectivity index (χ0v) is 14.5. The molecule has 1 aromatic heterocycles. The maximum Gasteiger partial charge on any atom is 0.317 e. The third-order valence-electron chi connectivity index (χ3n) is 3.25. The molecule has 0 aliphatic carbocycles. The van der Waals surface area contributed by atoms with E-state index in [4.69, 9.17) is 0 Å². The number of anilines is 1. The van der Waals surface area contributed by atoms with Crippen molar-refractivity contribution in [3.8, 4) is 0 Å². The summed E-state index contributed by atoms with van der Waals surface area (Å²) in [7, 11) is 2.23. The molecule has 2 amide bonds. The van der Waals surface area contributed by atoms with Crippen LogP contribution < -0.4 is 10.2 Å². The van der Waals surface area contributed by atoms with Crippen LogP contribution >= 0.6 is 0 Å². The number of hydrogen-bond donors (Lipinski definition) is 1. The highest BCUT2D eigenvalue weighted by Crippen LogP contribution is 2.14. The largest absolute Gasteiger partial charge is 0.362 e. The molecule has 22 heavy (non-hydrogen) atoms. The van der Waals surface area contributed by atoms with Crippen molar-refractivity contribution in [1.29, 1.82) is 0 Å². The average molecular weight is 328 g/mol. The number of aromatic nitrogens is 1. The van der Waals surface area contributed by atoms with Crippen LogP contribution in [0.5, 0.6) is 0 Å². The Morgan fingerprint density at radius 2 is 2.00 bits per heavy atom. The fourth-order valence-electron chi connectivity index (χ4n) is 2.02. The Hall–Kier alpha value is -1.83. The fourth-order valence-corrected chi connectivity index (χ4v) is 3.12. The number of urea groups is 1. The number of carbonyl (C=O) groups excluding carboxylic acids is 1. The Morgan fingerprint density at radius 1 is 1.36 bits per heavy atom. The SMILES string of the molecule is CC(CS(C)(=O)=O)N(C)C(=O)NCc1cccnc1N(C)C. The molecule has 0 aliphatic heterocycles. The number of amides is 2. The molecule has 0 saturated heterocycles. The van der Waals surface area contributed by atoms with Crippen LogP contribution in [0.1, 0.15) is 12.5 Å². The number of hydrogen-bond acceptors (Lipinski definition) is 5. The lowest BCUT2D eigenvalue weighted by Crippen LogP contribution is -2.44. The lowest BCUT2D eigenvalue weighted by atomic mass is 10.2. The zero-order valence-electron chi connectivity index (χ0n) is 13.7. The maximum atomic E-state index is 12.1. The summed E-state index contributed by atoms with van der Waals surface area (Å²) in [6, 6.07) is 2.99. The van der Waals surface area contributed by atoms with E-state index in [-0.39, 0.29) is 11.8 Å². The number of nitrogens with one attached hydrogen (secondary N) is 1. The number of sulfone groups is 1. The third kappa shape index (κ3) is 5.51. The van der Waals surface area contributed by atoms with Crippen LogP contribution in [0.3, 0.4) is 0 Å². The Morgan fingerprint density at radius 3 is 2.55 bits per heavy atom. The minimum absolute atomic E-state index is 0.0627. The molecule has 1 unspecified atom stereocenters. The van der Waals surface area contributed by atoms with Gasteiger partial charge in [-0.15, -0.1) is 0 Å². The van der Waals surface area contributed by atoms with Gasteiger partial charge in [0.15, 0.2) is 0 Å². The molecule has 7 nitrogen and oxygen atoms in total. The summed E-state index contributed by atoms with van der Waals surface area (Å²) in [4.78, 5) is 19.6. The van der Waals surface area contributed by atoms with Crippen molar-refractivity contribution in [2.45, 2.75) is 19.5 Å². The Kier molecular flexibility index (Phi) is 6.16. The van der Waals surface area contributed by atoms with Gasteiger partial charge in [-0.2, -0.15) is 0 Å². The second kappa shape index (κ2) is 7.44. The van der Waals surface area contributed by atoms with Crippen LogP contribution in [0, 0.1) is 0 Å². The smallest absolute Gasteiger partial charge is 0.317 e. The van der Waals surface area contributed by atoms with E-state index in [9.17, 15) is 13.2 Å². The first-order chi connectivity index (χ1) is 10.1. The Bertz CT molecular complexity index is 616. The average Bonchev–Trinajstić information content (AvgIpc) is 2.42. The Labute approximate surface area is 132 Å². The summed E-state index contributed by atoms with van der Waals surface area (Å²) in [6.07, 6.45) is 2.86. The molecule has 124 valence electrons. The molecule has 1 rings (SSSR count). The molecule has 0 aromatic carbocycles. The van der Waals surface area contributed by atoms with Crippen molar-refractivity contribution in [1.82, 2.24) is 15.2 Å². The molecule has 0 fully saturated rings. The number of nitrogens with zero attached hydrogens (tertiary/aromatic N) is 3. The van der Waals surface area contributed by atoms with E-state index in [0.29, 0.717) is 6.54 Å². The highest BCUT2D eigenvalue weighted by atomic mass is 32.2. The molecule has 0 saturated carbocycles. The molecule has 1 heterocycles. The van der Waals surface area contributed by atoms with E-state index < -0.39 is 15.9 Å². The summed E-state index contributed by atoms with van der Waals surface area (Å²) >= 11 is 0. The van der Waals surface area contributed by atoms with Crippen LogP contribution in [0.25, 0.3) is 0 Å². The van der Waals surface area contributed by atoms with Gasteiger partial charge in [-0.1, -0.05) is 6.07 Å². The van der Waals surface area contributed by atoms with Crippen molar-refractivity contribution in [2.75, 3.05) is 38.1 Å². The number of rotatable bonds is 6. The first-order valence-electron chi connectivity index (χ1n) is 6.91. The minimum Gasteiger partial charge on any atom is -0.362 e. The molecule has 0 radical (unpaired) electrons. The van der Waals surface area contributed by atoms with Crippen molar-refractivity contribution in [2.24, 2.45) is 0 Å². The van der Waals surface area contributed by atoms with Gasteiger partial charge in [0.2, 0.25) is 0 Å². The van der Waals surface area contributed by atoms with Gasteiger partial charge in [0.05, 0.1) is 5.75 Å². The molecular weight excluding hydrogens is 304 g/mol. The molecule has 0 spiro atoms. The molecular formula is C14H24N4O3S. The normalized spacial score (nSPS) is 12.6. The van der Waals surface area contributed by atoms with Crippen molar-refractivity contribution in [3.05, 3.63) is 23.9 Å². The highest BCUT2D eigenvalue weighted by Gasteiger charge is 2.19. The van der Waals surface area contributed by atoms with Gasteiger partial charge in [0.25, 0.3) is 0 Å². The van der Waals surface area contributed by atoms with Crippen molar-refractivity contribution >= 4 is 21.7 Å². The Balaban J connectivity index is 2.66. The van der Waals surface area contributed by atoms with Gasteiger partial charge >= 0.3 is 6.03 Å². The first kappa shape index (κ1) is 18.2. The third-order valence-corrected chi connectivity index (χ3v) is 4.33. The van der Waals surface area contributed by atoms with Gasteiger partial charge in [-0.25, -0.2) is 18.2 Å². The van der Waals surface area contributed by atoms with Crippen LogP contribution in [0.15, 0.2) is 18.3 Å². The van der Waals surface area contributed by atoms with Crippen LogP contribution in [0.4, 0.5) is 10.6 Å². The lowest BCUT2D eigenvalue weighted by molar-refractivity contribution is 0.197. The molecule has 1 atom stereocenters. The molecule has 0 aliphatic rings. The monoisotopic (exact) mass is 328 g/mol. The van der Waals surface area contributed by atoms with E-state index in [0.717, 1.165) is 17.6 Å². The van der Waals surface area contributed by atoms with E-state index >= 15 is 0 Å². The van der Waals surface area contributed by atoms with Gasteiger partial charge in [0.1, 0.15) is 15.7 Å². The second-order valence-electron chi connectivity index (χ2n) is 5.59. The molecule has 1 N–H and O–H groups in total. The summed E-state index contributed by atoms with van der Waals surface area (Å²) < 4.78 is 22.6. The first-order valence-corrected chi connectivity index (χ1v) is 8.97. The maximum absolute atomic E-state index is 12.1. The van der Waals surface area contributed by atoms with Crippen molar-refractivity contribution < 1.29 is 13.2 Å². The van der Waals surface area contributed by atoms with Crippen LogP contribution in [-0.2, 0) is 16.4 Å². The van der Waals surface area contributed by atoms with Gasteiger partial charge in [-0.3, -0.25) is 0 Å². The van der Waals surface area contributed by atoms with E-state index in [1.54, 1.807) is 20.2 Å². The summed E-state index contributed by atoms with van der Waals surface area (Å²) in [5.74, 6) is 0.724. The molecule has 1 aromatic rings. The lowest BCUT2D eigenvalue weighted by Gasteiger charge is -2.25. The standard InChI is InChI=1S/C14H24N4O3S/c1-11(10-22(5,20)21)18(4)14(19)16-9-12-7-6-8-15-13(12)17(2)3/h6-8,11H,9-10H2,1-5H3,(H,16,19). The zero-order chi connectivity index (χ0) is 16.9. The molecule has 0 bridgehead atoms. The van der Waals surface area contributed by atoms with E-state index in [1.807, 2.05) is 31.1 Å². The van der Waals surface area contributed by atoms with Gasteiger partial charge < -0.3 is 15.1 Å². The van der Waals surface area contributed by atoms with Crippen LogP contribution in [-0.4, -0.2) is 63.5 Å². The highest BCUT2D eigenvalue weighted by molar-refractivity contribution is 7.90. The minimum atomic E-state index is -3.13. The van der Waals surface area contributed by atoms with E-state index in [1.165, 1.54) is 4.90 Å². The summed E-state index contributed by atoms with van der Waals surface area (Å²) in [5.41, 5.74) is 0.894. The number of pyridine rings is 1. The predicted octanol–water partition coefficient (Wildman–Crippen LogP) is 0.722. The second-order valence-corrected chi connectivity index (χ2v) is 7.78.